The Labute approximate surface area is 106 Å². The van der Waals surface area contributed by atoms with Crippen molar-refractivity contribution < 1.29 is 14.6 Å². The second kappa shape index (κ2) is 6.37. The van der Waals surface area contributed by atoms with E-state index in [1.54, 1.807) is 0 Å². The number of amides is 1. The van der Waals surface area contributed by atoms with Crippen LogP contribution in [0.3, 0.4) is 0 Å². The lowest BCUT2D eigenvalue weighted by Gasteiger charge is -2.18. The smallest absolute Gasteiger partial charge is 0.262 e. The summed E-state index contributed by atoms with van der Waals surface area (Å²) < 4.78 is 5.29. The van der Waals surface area contributed by atoms with E-state index in [1.165, 1.54) is 0 Å². The number of anilines is 1. The van der Waals surface area contributed by atoms with Crippen molar-refractivity contribution >= 4 is 11.6 Å². The van der Waals surface area contributed by atoms with Crippen LogP contribution < -0.4 is 15.4 Å². The summed E-state index contributed by atoms with van der Waals surface area (Å²) in [5, 5.41) is 14.7. The Morgan fingerprint density at radius 3 is 3.11 bits per heavy atom. The van der Waals surface area contributed by atoms with Gasteiger partial charge in [0.25, 0.3) is 5.91 Å². The summed E-state index contributed by atoms with van der Waals surface area (Å²) in [6, 6.07) is 5.78. The molecule has 3 N–H and O–H groups in total. The zero-order chi connectivity index (χ0) is 12.8. The molecule has 0 bridgehead atoms. The van der Waals surface area contributed by atoms with Crippen LogP contribution >= 0.6 is 0 Å². The van der Waals surface area contributed by atoms with E-state index >= 15 is 0 Å². The van der Waals surface area contributed by atoms with E-state index in [9.17, 15) is 4.79 Å². The van der Waals surface area contributed by atoms with E-state index in [0.29, 0.717) is 0 Å². The van der Waals surface area contributed by atoms with Crippen molar-refractivity contribution in [3.05, 3.63) is 23.8 Å². The van der Waals surface area contributed by atoms with Crippen LogP contribution in [0.2, 0.25) is 0 Å². The van der Waals surface area contributed by atoms with Crippen LogP contribution in [0.4, 0.5) is 5.69 Å². The molecule has 98 valence electrons. The van der Waals surface area contributed by atoms with Gasteiger partial charge in [0.05, 0.1) is 5.69 Å². The number of aliphatic hydroxyl groups is 1. The Balaban J connectivity index is 1.86. The fourth-order valence-electron chi connectivity index (χ4n) is 1.83. The molecule has 1 amide bonds. The highest BCUT2D eigenvalue weighted by Gasteiger charge is 2.15. The number of carbonyl (C=O) groups excluding carboxylic acids is 1. The molecule has 5 heteroatoms. The Morgan fingerprint density at radius 2 is 2.28 bits per heavy atom. The van der Waals surface area contributed by atoms with Crippen molar-refractivity contribution in [3.8, 4) is 5.75 Å². The van der Waals surface area contributed by atoms with E-state index in [0.717, 1.165) is 42.9 Å². The summed E-state index contributed by atoms with van der Waals surface area (Å²) in [6.45, 7) is 1.95. The quantitative estimate of drug-likeness (QED) is 0.655. The van der Waals surface area contributed by atoms with Crippen LogP contribution in [0, 0.1) is 0 Å². The number of ether oxygens (including phenoxy) is 1. The van der Waals surface area contributed by atoms with Gasteiger partial charge in [-0.15, -0.1) is 0 Å². The van der Waals surface area contributed by atoms with Crippen molar-refractivity contribution in [2.45, 2.75) is 19.4 Å². The fraction of sp³-hybridized carbons (Fsp3) is 0.462. The molecule has 5 nitrogen and oxygen atoms in total. The monoisotopic (exact) mass is 250 g/mol. The van der Waals surface area contributed by atoms with Crippen molar-refractivity contribution in [1.82, 2.24) is 5.32 Å². The third-order valence-corrected chi connectivity index (χ3v) is 2.77. The van der Waals surface area contributed by atoms with Crippen molar-refractivity contribution in [2.75, 3.05) is 25.1 Å². The average Bonchev–Trinajstić information content (AvgIpc) is 2.38. The molecular weight excluding hydrogens is 232 g/mol. The largest absolute Gasteiger partial charge is 0.482 e. The first-order valence-corrected chi connectivity index (χ1v) is 6.17. The predicted octanol–water partition coefficient (Wildman–Crippen LogP) is 0.880. The molecule has 0 unspecified atom stereocenters. The van der Waals surface area contributed by atoms with Crippen molar-refractivity contribution in [3.63, 3.8) is 0 Å². The van der Waals surface area contributed by atoms with E-state index < -0.39 is 0 Å². The number of hydrogen-bond acceptors (Lipinski definition) is 4. The molecule has 1 aliphatic rings. The average molecular weight is 250 g/mol. The second-order valence-corrected chi connectivity index (χ2v) is 4.27. The summed E-state index contributed by atoms with van der Waals surface area (Å²) in [6.07, 6.45) is 1.78. The summed E-state index contributed by atoms with van der Waals surface area (Å²) in [4.78, 5) is 11.2. The molecule has 0 saturated carbocycles. The maximum absolute atomic E-state index is 11.2. The number of carbonyl (C=O) groups is 1. The lowest BCUT2D eigenvalue weighted by Crippen LogP contribution is -2.25. The zero-order valence-electron chi connectivity index (χ0n) is 10.2. The third-order valence-electron chi connectivity index (χ3n) is 2.77. The SMILES string of the molecule is O=C1COc2ccc(CNCCCCO)cc2N1. The number of nitrogens with one attached hydrogen (secondary N) is 2. The molecular formula is C13H18N2O3. The van der Waals surface area contributed by atoms with Gasteiger partial charge in [0, 0.05) is 13.2 Å². The molecule has 0 fully saturated rings. The minimum atomic E-state index is -0.115. The molecule has 0 aliphatic carbocycles. The molecule has 18 heavy (non-hydrogen) atoms. The minimum Gasteiger partial charge on any atom is -0.482 e. The fourth-order valence-corrected chi connectivity index (χ4v) is 1.83. The summed E-state index contributed by atoms with van der Waals surface area (Å²) in [5.74, 6) is 0.606. The first-order valence-electron chi connectivity index (χ1n) is 6.17. The van der Waals surface area contributed by atoms with Crippen LogP contribution in [0.15, 0.2) is 18.2 Å². The topological polar surface area (TPSA) is 70.6 Å². The van der Waals surface area contributed by atoms with Gasteiger partial charge in [-0.1, -0.05) is 6.07 Å². The van der Waals surface area contributed by atoms with Gasteiger partial charge in [-0.05, 0) is 37.1 Å². The van der Waals surface area contributed by atoms with Crippen LogP contribution in [-0.4, -0.2) is 30.8 Å². The van der Waals surface area contributed by atoms with Crippen molar-refractivity contribution in [2.24, 2.45) is 0 Å². The van der Waals surface area contributed by atoms with Crippen LogP contribution in [0.5, 0.6) is 5.75 Å². The number of unbranched alkanes of at least 4 members (excludes halogenated alkanes) is 1. The number of aliphatic hydroxyl groups excluding tert-OH is 1. The molecule has 1 aromatic rings. The van der Waals surface area contributed by atoms with Gasteiger partial charge in [0.15, 0.2) is 6.61 Å². The van der Waals surface area contributed by atoms with Gasteiger partial charge >= 0.3 is 0 Å². The van der Waals surface area contributed by atoms with Crippen LogP contribution in [0.25, 0.3) is 0 Å². The van der Waals surface area contributed by atoms with Crippen LogP contribution in [0.1, 0.15) is 18.4 Å². The van der Waals surface area contributed by atoms with E-state index in [4.69, 9.17) is 9.84 Å². The maximum Gasteiger partial charge on any atom is 0.262 e. The number of benzene rings is 1. The van der Waals surface area contributed by atoms with Gasteiger partial charge in [0.1, 0.15) is 5.75 Å². The summed E-state index contributed by atoms with van der Waals surface area (Å²) >= 11 is 0. The maximum atomic E-state index is 11.2. The lowest BCUT2D eigenvalue weighted by molar-refractivity contribution is -0.118. The molecule has 0 saturated heterocycles. The molecule has 2 rings (SSSR count). The molecule has 0 radical (unpaired) electrons. The van der Waals surface area contributed by atoms with Gasteiger partial charge < -0.3 is 20.5 Å². The van der Waals surface area contributed by atoms with Gasteiger partial charge in [-0.25, -0.2) is 0 Å². The second-order valence-electron chi connectivity index (χ2n) is 4.27. The standard InChI is InChI=1S/C13H18N2O3/c16-6-2-1-5-14-8-10-3-4-12-11(7-10)15-13(17)9-18-12/h3-4,7,14,16H,1-2,5-6,8-9H2,(H,15,17). The van der Waals surface area contributed by atoms with E-state index in [-0.39, 0.29) is 19.1 Å². The molecule has 0 spiro atoms. The Kier molecular flexibility index (Phi) is 4.55. The Bertz CT molecular complexity index is 421. The number of fused-ring (bicyclic) bond motifs is 1. The zero-order valence-corrected chi connectivity index (χ0v) is 10.2. The molecule has 1 heterocycles. The highest BCUT2D eigenvalue weighted by Crippen LogP contribution is 2.28. The predicted molar refractivity (Wildman–Crippen MR) is 68.6 cm³/mol. The normalized spacial score (nSPS) is 13.7. The number of hydrogen-bond donors (Lipinski definition) is 3. The molecule has 1 aromatic carbocycles. The van der Waals surface area contributed by atoms with E-state index in [1.807, 2.05) is 18.2 Å². The van der Waals surface area contributed by atoms with Gasteiger partial charge in [-0.3, -0.25) is 4.79 Å². The molecule has 0 aromatic heterocycles. The van der Waals surface area contributed by atoms with Crippen LogP contribution in [-0.2, 0) is 11.3 Å². The van der Waals surface area contributed by atoms with E-state index in [2.05, 4.69) is 10.6 Å². The lowest BCUT2D eigenvalue weighted by atomic mass is 10.1. The highest BCUT2D eigenvalue weighted by molar-refractivity contribution is 5.95. The molecule has 1 aliphatic heterocycles. The minimum absolute atomic E-state index is 0.0890. The summed E-state index contributed by atoms with van der Waals surface area (Å²) in [5.41, 5.74) is 1.84. The Hall–Kier alpha value is -1.59. The van der Waals surface area contributed by atoms with Gasteiger partial charge in [0.2, 0.25) is 0 Å². The Morgan fingerprint density at radius 1 is 1.39 bits per heavy atom. The first-order chi connectivity index (χ1) is 8.79. The first kappa shape index (κ1) is 12.9. The molecule has 0 atom stereocenters. The summed E-state index contributed by atoms with van der Waals surface area (Å²) in [7, 11) is 0. The third kappa shape index (κ3) is 3.45. The number of rotatable bonds is 6. The van der Waals surface area contributed by atoms with Gasteiger partial charge in [-0.2, -0.15) is 0 Å². The highest BCUT2D eigenvalue weighted by atomic mass is 16.5. The van der Waals surface area contributed by atoms with Crippen molar-refractivity contribution in [1.29, 1.82) is 0 Å².